The molecule has 1 saturated heterocycles. The molecule has 1 aromatic heterocycles. The van der Waals surface area contributed by atoms with Crippen LogP contribution < -0.4 is 10.1 Å². The molecule has 140 valence electrons. The van der Waals surface area contributed by atoms with Crippen molar-refractivity contribution in [2.45, 2.75) is 45.1 Å². The summed E-state index contributed by atoms with van der Waals surface area (Å²) in [6.45, 7) is 6.03. The molecule has 2 heterocycles. The zero-order valence-electron chi connectivity index (χ0n) is 15.8. The SMILES string of the molecule is CCC(C(=O)Nc1ccc(OC)cc1)N1CCC(c2[nH]ncc2C)CC1. The van der Waals surface area contributed by atoms with Crippen molar-refractivity contribution in [3.05, 3.63) is 41.7 Å². The van der Waals surface area contributed by atoms with Crippen molar-refractivity contribution in [3.63, 3.8) is 0 Å². The fourth-order valence-electron chi connectivity index (χ4n) is 3.78. The van der Waals surface area contributed by atoms with E-state index in [9.17, 15) is 4.79 Å². The van der Waals surface area contributed by atoms with Crippen LogP contribution in [0.25, 0.3) is 0 Å². The van der Waals surface area contributed by atoms with Crippen molar-refractivity contribution < 1.29 is 9.53 Å². The number of nitrogens with zero attached hydrogens (tertiary/aromatic N) is 2. The summed E-state index contributed by atoms with van der Waals surface area (Å²) in [5.41, 5.74) is 3.28. The highest BCUT2D eigenvalue weighted by Crippen LogP contribution is 2.30. The first-order chi connectivity index (χ1) is 12.6. The molecule has 1 amide bonds. The molecule has 6 heteroatoms. The van der Waals surface area contributed by atoms with E-state index in [1.54, 1.807) is 7.11 Å². The number of hydrogen-bond acceptors (Lipinski definition) is 4. The Labute approximate surface area is 154 Å². The number of anilines is 1. The number of aromatic amines is 1. The normalized spacial score (nSPS) is 17.0. The Morgan fingerprint density at radius 3 is 2.58 bits per heavy atom. The van der Waals surface area contributed by atoms with Crippen LogP contribution in [0.4, 0.5) is 5.69 Å². The smallest absolute Gasteiger partial charge is 0.241 e. The zero-order chi connectivity index (χ0) is 18.5. The number of rotatable bonds is 6. The van der Waals surface area contributed by atoms with Crippen LogP contribution in [0.1, 0.15) is 43.4 Å². The number of benzene rings is 1. The van der Waals surface area contributed by atoms with Crippen LogP contribution in [0.15, 0.2) is 30.5 Å². The quantitative estimate of drug-likeness (QED) is 0.833. The molecule has 2 aromatic rings. The molecular formula is C20H28N4O2. The third-order valence-corrected chi connectivity index (χ3v) is 5.29. The van der Waals surface area contributed by atoms with E-state index in [0.717, 1.165) is 43.8 Å². The predicted molar refractivity (Wildman–Crippen MR) is 103 cm³/mol. The molecule has 0 aliphatic carbocycles. The first kappa shape index (κ1) is 18.5. The summed E-state index contributed by atoms with van der Waals surface area (Å²) in [5, 5.41) is 10.3. The highest BCUT2D eigenvalue weighted by Gasteiger charge is 2.30. The van der Waals surface area contributed by atoms with Crippen molar-refractivity contribution in [1.29, 1.82) is 0 Å². The van der Waals surface area contributed by atoms with Gasteiger partial charge in [-0.15, -0.1) is 0 Å². The van der Waals surface area contributed by atoms with Gasteiger partial charge in [0.2, 0.25) is 5.91 Å². The van der Waals surface area contributed by atoms with Gasteiger partial charge in [0.25, 0.3) is 0 Å². The maximum absolute atomic E-state index is 12.8. The molecule has 1 aliphatic heterocycles. The molecule has 0 spiro atoms. The third kappa shape index (κ3) is 4.07. The minimum Gasteiger partial charge on any atom is -0.497 e. The van der Waals surface area contributed by atoms with E-state index in [1.807, 2.05) is 30.5 Å². The molecule has 26 heavy (non-hydrogen) atoms. The fraction of sp³-hybridized carbons (Fsp3) is 0.500. The summed E-state index contributed by atoms with van der Waals surface area (Å²) in [6, 6.07) is 7.36. The summed E-state index contributed by atoms with van der Waals surface area (Å²) in [6.07, 6.45) is 4.79. The molecule has 1 atom stereocenters. The standard InChI is InChI=1S/C20H28N4O2/c1-4-18(20(25)22-16-5-7-17(26-3)8-6-16)24-11-9-15(10-12-24)19-14(2)13-21-23-19/h5-8,13,15,18H,4,9-12H2,1-3H3,(H,21,23)(H,22,25). The van der Waals surface area contributed by atoms with E-state index in [1.165, 1.54) is 11.3 Å². The minimum absolute atomic E-state index is 0.0637. The van der Waals surface area contributed by atoms with Gasteiger partial charge in [-0.3, -0.25) is 14.8 Å². The average Bonchev–Trinajstić information content (AvgIpc) is 3.09. The summed E-state index contributed by atoms with van der Waals surface area (Å²) in [5.74, 6) is 1.36. The van der Waals surface area contributed by atoms with Crippen molar-refractivity contribution in [2.24, 2.45) is 0 Å². The van der Waals surface area contributed by atoms with Crippen molar-refractivity contribution in [3.8, 4) is 5.75 Å². The highest BCUT2D eigenvalue weighted by atomic mass is 16.5. The largest absolute Gasteiger partial charge is 0.497 e. The van der Waals surface area contributed by atoms with Crippen molar-refractivity contribution >= 4 is 11.6 Å². The molecule has 1 aliphatic rings. The van der Waals surface area contributed by atoms with E-state index in [0.29, 0.717) is 5.92 Å². The topological polar surface area (TPSA) is 70.2 Å². The predicted octanol–water partition coefficient (Wildman–Crippen LogP) is 3.32. The number of ether oxygens (including phenoxy) is 1. The van der Waals surface area contributed by atoms with Gasteiger partial charge in [0.05, 0.1) is 19.3 Å². The lowest BCUT2D eigenvalue weighted by atomic mass is 9.90. The number of piperidine rings is 1. The zero-order valence-corrected chi connectivity index (χ0v) is 15.8. The fourth-order valence-corrected chi connectivity index (χ4v) is 3.78. The number of likely N-dealkylation sites (tertiary alicyclic amines) is 1. The lowest BCUT2D eigenvalue weighted by Crippen LogP contribution is -2.47. The number of nitrogens with one attached hydrogen (secondary N) is 2. The van der Waals surface area contributed by atoms with Gasteiger partial charge in [0.15, 0.2) is 0 Å². The number of amides is 1. The molecule has 0 saturated carbocycles. The van der Waals surface area contributed by atoms with E-state index < -0.39 is 0 Å². The van der Waals surface area contributed by atoms with Gasteiger partial charge < -0.3 is 10.1 Å². The van der Waals surface area contributed by atoms with E-state index in [2.05, 4.69) is 34.3 Å². The van der Waals surface area contributed by atoms with Crippen LogP contribution >= 0.6 is 0 Å². The van der Waals surface area contributed by atoms with Gasteiger partial charge in [-0.1, -0.05) is 6.92 Å². The second-order valence-corrected chi connectivity index (χ2v) is 6.92. The number of aryl methyl sites for hydroxylation is 1. The molecule has 1 aromatic carbocycles. The Balaban J connectivity index is 1.58. The highest BCUT2D eigenvalue weighted by molar-refractivity contribution is 5.94. The summed E-state index contributed by atoms with van der Waals surface area (Å²) >= 11 is 0. The molecule has 0 radical (unpaired) electrons. The molecule has 6 nitrogen and oxygen atoms in total. The van der Waals surface area contributed by atoms with Crippen LogP contribution in [0.5, 0.6) is 5.75 Å². The first-order valence-corrected chi connectivity index (χ1v) is 9.31. The third-order valence-electron chi connectivity index (χ3n) is 5.29. The number of carbonyl (C=O) groups is 1. The van der Waals surface area contributed by atoms with Crippen LogP contribution in [0.2, 0.25) is 0 Å². The first-order valence-electron chi connectivity index (χ1n) is 9.31. The summed E-state index contributed by atoms with van der Waals surface area (Å²) in [7, 11) is 1.63. The second kappa shape index (κ2) is 8.36. The molecule has 0 bridgehead atoms. The van der Waals surface area contributed by atoms with Gasteiger partial charge in [0, 0.05) is 17.3 Å². The van der Waals surface area contributed by atoms with E-state index >= 15 is 0 Å². The molecule has 1 fully saturated rings. The summed E-state index contributed by atoms with van der Waals surface area (Å²) in [4.78, 5) is 15.1. The average molecular weight is 356 g/mol. The number of hydrogen-bond donors (Lipinski definition) is 2. The van der Waals surface area contributed by atoms with Gasteiger partial charge in [-0.2, -0.15) is 5.10 Å². The Morgan fingerprint density at radius 2 is 2.04 bits per heavy atom. The number of H-pyrrole nitrogens is 1. The molecule has 1 unspecified atom stereocenters. The summed E-state index contributed by atoms with van der Waals surface area (Å²) < 4.78 is 5.16. The van der Waals surface area contributed by atoms with E-state index in [-0.39, 0.29) is 11.9 Å². The Morgan fingerprint density at radius 1 is 1.35 bits per heavy atom. The van der Waals surface area contributed by atoms with Crippen molar-refractivity contribution in [1.82, 2.24) is 15.1 Å². The Bertz CT molecular complexity index is 718. The number of methoxy groups -OCH3 is 1. The lowest BCUT2D eigenvalue weighted by molar-refractivity contribution is -0.121. The maximum Gasteiger partial charge on any atom is 0.241 e. The van der Waals surface area contributed by atoms with E-state index in [4.69, 9.17) is 4.74 Å². The van der Waals surface area contributed by atoms with Crippen LogP contribution in [0, 0.1) is 6.92 Å². The number of aromatic nitrogens is 2. The minimum atomic E-state index is -0.0964. The van der Waals surface area contributed by atoms with Gasteiger partial charge in [-0.05, 0) is 69.1 Å². The Hall–Kier alpha value is -2.34. The van der Waals surface area contributed by atoms with Gasteiger partial charge in [-0.25, -0.2) is 0 Å². The molecule has 3 rings (SSSR count). The molecule has 2 N–H and O–H groups in total. The maximum atomic E-state index is 12.8. The van der Waals surface area contributed by atoms with Crippen LogP contribution in [0.3, 0.4) is 0 Å². The van der Waals surface area contributed by atoms with Crippen LogP contribution in [-0.2, 0) is 4.79 Å². The van der Waals surface area contributed by atoms with Crippen molar-refractivity contribution in [2.75, 3.05) is 25.5 Å². The monoisotopic (exact) mass is 356 g/mol. The van der Waals surface area contributed by atoms with Gasteiger partial charge >= 0.3 is 0 Å². The van der Waals surface area contributed by atoms with Crippen LogP contribution in [-0.4, -0.2) is 47.2 Å². The Kier molecular flexibility index (Phi) is 5.93. The van der Waals surface area contributed by atoms with Gasteiger partial charge in [0.1, 0.15) is 5.75 Å². The molecular weight excluding hydrogens is 328 g/mol. The second-order valence-electron chi connectivity index (χ2n) is 6.92. The number of carbonyl (C=O) groups excluding carboxylic acids is 1. The lowest BCUT2D eigenvalue weighted by Gasteiger charge is -2.36.